The van der Waals surface area contributed by atoms with E-state index in [0.717, 1.165) is 25.9 Å². The van der Waals surface area contributed by atoms with Crippen molar-refractivity contribution >= 4 is 40.7 Å². The summed E-state index contributed by atoms with van der Waals surface area (Å²) in [6.07, 6.45) is 4.96. The Morgan fingerprint density at radius 2 is 2.00 bits per heavy atom. The summed E-state index contributed by atoms with van der Waals surface area (Å²) in [4.78, 5) is 15.8. The highest BCUT2D eigenvalue weighted by atomic mass is 35.5. The Balaban J connectivity index is 0.00000288. The molecule has 1 aliphatic rings. The summed E-state index contributed by atoms with van der Waals surface area (Å²) in [7, 11) is -3.60. The van der Waals surface area contributed by atoms with E-state index in [4.69, 9.17) is 0 Å². The second kappa shape index (κ2) is 10.9. The minimum absolute atomic E-state index is 0. The summed E-state index contributed by atoms with van der Waals surface area (Å²) in [5, 5.41) is 6.20. The van der Waals surface area contributed by atoms with E-state index in [2.05, 4.69) is 27.3 Å². The average molecular weight is 413 g/mol. The first-order chi connectivity index (χ1) is 10.9. The minimum Gasteiger partial charge on any atom is -0.356 e. The predicted octanol–water partition coefficient (Wildman–Crippen LogP) is 1.10. The van der Waals surface area contributed by atoms with E-state index >= 15 is 0 Å². The smallest absolute Gasteiger partial charge is 0.242 e. The van der Waals surface area contributed by atoms with Crippen LogP contribution < -0.4 is 15.4 Å². The van der Waals surface area contributed by atoms with Crippen molar-refractivity contribution in [1.82, 2.24) is 20.3 Å². The van der Waals surface area contributed by atoms with Crippen molar-refractivity contribution in [1.29, 1.82) is 0 Å². The van der Waals surface area contributed by atoms with E-state index in [1.54, 1.807) is 6.07 Å². The lowest BCUT2D eigenvalue weighted by Crippen LogP contribution is -2.43. The minimum atomic E-state index is -3.60. The molecule has 1 fully saturated rings. The molecule has 3 N–H and O–H groups in total. The van der Waals surface area contributed by atoms with Gasteiger partial charge < -0.3 is 10.6 Å². The molecule has 25 heavy (non-hydrogen) atoms. The molecule has 1 aliphatic heterocycles. The number of amides is 1. The Kier molecular flexibility index (Phi) is 10.5. The summed E-state index contributed by atoms with van der Waals surface area (Å²) in [6.45, 7) is 4.80. The third-order valence-electron chi connectivity index (χ3n) is 4.11. The Morgan fingerprint density at radius 1 is 1.32 bits per heavy atom. The number of carbonyl (C=O) groups is 1. The molecule has 2 rings (SSSR count). The topological polar surface area (TPSA) is 100 Å². The summed E-state index contributed by atoms with van der Waals surface area (Å²) >= 11 is 0. The number of hydrogen-bond donors (Lipinski definition) is 3. The van der Waals surface area contributed by atoms with Crippen molar-refractivity contribution < 1.29 is 13.2 Å². The van der Waals surface area contributed by atoms with Gasteiger partial charge in [0.1, 0.15) is 4.90 Å². The Hall–Kier alpha value is -0.930. The normalized spacial score (nSPS) is 16.2. The lowest BCUT2D eigenvalue weighted by atomic mass is 9.81. The Morgan fingerprint density at radius 3 is 2.60 bits per heavy atom. The SMILES string of the molecule is CC1(CNC(=O)CCNS(=O)(=O)c2cccnc2)CCNCC1.Cl.Cl. The van der Waals surface area contributed by atoms with E-state index in [1.807, 2.05) is 0 Å². The average Bonchev–Trinajstić information content (AvgIpc) is 2.54. The first-order valence-corrected chi connectivity index (χ1v) is 9.27. The standard InChI is InChI=1S/C15H24N4O3S.2ClH/c1-15(5-9-16-10-6-15)12-18-14(20)4-8-19-23(21,22)13-3-2-7-17-11-13;;/h2-3,7,11,16,19H,4-6,8-10,12H2,1H3,(H,18,20);2*1H. The monoisotopic (exact) mass is 412 g/mol. The van der Waals surface area contributed by atoms with Crippen molar-refractivity contribution in [3.63, 3.8) is 0 Å². The number of carbonyl (C=O) groups excluding carboxylic acids is 1. The van der Waals surface area contributed by atoms with E-state index < -0.39 is 10.0 Å². The van der Waals surface area contributed by atoms with Crippen LogP contribution in [-0.2, 0) is 14.8 Å². The maximum atomic E-state index is 12.0. The van der Waals surface area contributed by atoms with Crippen LogP contribution in [0.4, 0.5) is 0 Å². The van der Waals surface area contributed by atoms with Gasteiger partial charge in [-0.2, -0.15) is 0 Å². The Labute approximate surface area is 161 Å². The molecule has 1 amide bonds. The van der Waals surface area contributed by atoms with Crippen LogP contribution in [0.1, 0.15) is 26.2 Å². The van der Waals surface area contributed by atoms with Gasteiger partial charge in [0.25, 0.3) is 0 Å². The highest BCUT2D eigenvalue weighted by Gasteiger charge is 2.26. The number of sulfonamides is 1. The number of halogens is 2. The highest BCUT2D eigenvalue weighted by molar-refractivity contribution is 7.89. The van der Waals surface area contributed by atoms with Crippen LogP contribution in [0.5, 0.6) is 0 Å². The van der Waals surface area contributed by atoms with Crippen LogP contribution in [0.25, 0.3) is 0 Å². The molecule has 0 saturated carbocycles. The quantitative estimate of drug-likeness (QED) is 0.622. The van der Waals surface area contributed by atoms with Gasteiger partial charge in [0, 0.05) is 31.9 Å². The molecule has 1 saturated heterocycles. The molecule has 10 heteroatoms. The fourth-order valence-electron chi connectivity index (χ4n) is 2.50. The van der Waals surface area contributed by atoms with Crippen molar-refractivity contribution in [3.05, 3.63) is 24.5 Å². The molecule has 0 radical (unpaired) electrons. The molecular weight excluding hydrogens is 387 g/mol. The maximum Gasteiger partial charge on any atom is 0.242 e. The molecule has 0 aromatic carbocycles. The molecular formula is C15H26Cl2N4O3S. The maximum absolute atomic E-state index is 12.0. The zero-order chi connectivity index (χ0) is 16.8. The number of nitrogens with zero attached hydrogens (tertiary/aromatic N) is 1. The molecule has 1 aromatic heterocycles. The molecule has 0 aliphatic carbocycles. The molecule has 0 spiro atoms. The molecule has 0 atom stereocenters. The molecule has 2 heterocycles. The van der Waals surface area contributed by atoms with Crippen LogP contribution in [0.3, 0.4) is 0 Å². The van der Waals surface area contributed by atoms with Crippen molar-refractivity contribution in [2.24, 2.45) is 5.41 Å². The molecule has 7 nitrogen and oxygen atoms in total. The van der Waals surface area contributed by atoms with Gasteiger partial charge in [0.05, 0.1) is 0 Å². The lowest BCUT2D eigenvalue weighted by molar-refractivity contribution is -0.121. The van der Waals surface area contributed by atoms with Gasteiger partial charge in [-0.1, -0.05) is 6.92 Å². The van der Waals surface area contributed by atoms with Crippen LogP contribution in [0, 0.1) is 5.41 Å². The van der Waals surface area contributed by atoms with Crippen LogP contribution >= 0.6 is 24.8 Å². The number of rotatable bonds is 7. The predicted molar refractivity (Wildman–Crippen MR) is 102 cm³/mol. The van der Waals surface area contributed by atoms with Gasteiger partial charge in [-0.25, -0.2) is 13.1 Å². The first kappa shape index (κ1) is 24.1. The fraction of sp³-hybridized carbons (Fsp3) is 0.600. The van der Waals surface area contributed by atoms with Gasteiger partial charge in [-0.3, -0.25) is 9.78 Å². The van der Waals surface area contributed by atoms with Crippen molar-refractivity contribution in [3.8, 4) is 0 Å². The lowest BCUT2D eigenvalue weighted by Gasteiger charge is -2.34. The second-order valence-electron chi connectivity index (χ2n) is 6.17. The number of piperidine rings is 1. The number of nitrogens with one attached hydrogen (secondary N) is 3. The van der Waals surface area contributed by atoms with Gasteiger partial charge >= 0.3 is 0 Å². The zero-order valence-corrected chi connectivity index (χ0v) is 16.6. The van der Waals surface area contributed by atoms with E-state index in [1.165, 1.54) is 18.5 Å². The third-order valence-corrected chi connectivity index (χ3v) is 5.56. The van der Waals surface area contributed by atoms with Gasteiger partial charge in [0.2, 0.25) is 15.9 Å². The summed E-state index contributed by atoms with van der Waals surface area (Å²) < 4.78 is 26.4. The molecule has 144 valence electrons. The van der Waals surface area contributed by atoms with Gasteiger partial charge in [0.15, 0.2) is 0 Å². The summed E-state index contributed by atoms with van der Waals surface area (Å²) in [5.74, 6) is -0.140. The number of pyridine rings is 1. The summed E-state index contributed by atoms with van der Waals surface area (Å²) in [5.41, 5.74) is 0.121. The highest BCUT2D eigenvalue weighted by Crippen LogP contribution is 2.26. The van der Waals surface area contributed by atoms with E-state index in [-0.39, 0.29) is 54.0 Å². The van der Waals surface area contributed by atoms with Crippen LogP contribution in [0.15, 0.2) is 29.4 Å². The van der Waals surface area contributed by atoms with Crippen molar-refractivity contribution in [2.45, 2.75) is 31.1 Å². The van der Waals surface area contributed by atoms with E-state index in [0.29, 0.717) is 6.54 Å². The van der Waals surface area contributed by atoms with Crippen LogP contribution in [-0.4, -0.2) is 45.5 Å². The molecule has 0 unspecified atom stereocenters. The molecule has 1 aromatic rings. The van der Waals surface area contributed by atoms with Gasteiger partial charge in [-0.15, -0.1) is 24.8 Å². The second-order valence-corrected chi connectivity index (χ2v) is 7.94. The zero-order valence-electron chi connectivity index (χ0n) is 14.2. The Bertz CT molecular complexity index is 623. The number of aromatic nitrogens is 1. The largest absolute Gasteiger partial charge is 0.356 e. The van der Waals surface area contributed by atoms with Crippen molar-refractivity contribution in [2.75, 3.05) is 26.2 Å². The molecule has 0 bridgehead atoms. The van der Waals surface area contributed by atoms with Crippen LogP contribution in [0.2, 0.25) is 0 Å². The van der Waals surface area contributed by atoms with Gasteiger partial charge in [-0.05, 0) is 43.5 Å². The third kappa shape index (κ3) is 7.87. The number of hydrogen-bond acceptors (Lipinski definition) is 5. The fourth-order valence-corrected chi connectivity index (χ4v) is 3.49. The first-order valence-electron chi connectivity index (χ1n) is 7.78. The summed E-state index contributed by atoms with van der Waals surface area (Å²) in [6, 6.07) is 3.02. The van der Waals surface area contributed by atoms with E-state index in [9.17, 15) is 13.2 Å².